The SMILES string of the molecule is CCNC(=O)N(CC)CCN1C(=O)[C@H](C)S[C@@H]1c1ccc(F)cc1. The van der Waals surface area contributed by atoms with E-state index in [9.17, 15) is 14.0 Å². The third kappa shape index (κ3) is 4.20. The zero-order chi connectivity index (χ0) is 17.7. The Kier molecular flexibility index (Phi) is 6.48. The van der Waals surface area contributed by atoms with Crippen molar-refractivity contribution in [2.45, 2.75) is 31.4 Å². The lowest BCUT2D eigenvalue weighted by molar-refractivity contribution is -0.129. The van der Waals surface area contributed by atoms with Crippen LogP contribution in [0.4, 0.5) is 9.18 Å². The number of thioether (sulfide) groups is 1. The predicted molar refractivity (Wildman–Crippen MR) is 94.2 cm³/mol. The number of hydrogen-bond donors (Lipinski definition) is 1. The van der Waals surface area contributed by atoms with Crippen LogP contribution in [0.3, 0.4) is 0 Å². The predicted octanol–water partition coefficient (Wildman–Crippen LogP) is 2.84. The van der Waals surface area contributed by atoms with Crippen molar-refractivity contribution in [2.24, 2.45) is 0 Å². The summed E-state index contributed by atoms with van der Waals surface area (Å²) in [6.45, 7) is 7.75. The Hall–Kier alpha value is -1.76. The first-order chi connectivity index (χ1) is 11.5. The van der Waals surface area contributed by atoms with Crippen LogP contribution in [0.15, 0.2) is 24.3 Å². The third-order valence-electron chi connectivity index (χ3n) is 4.01. The summed E-state index contributed by atoms with van der Waals surface area (Å²) in [6.07, 6.45) is 0. The van der Waals surface area contributed by atoms with Gasteiger partial charge in [-0.3, -0.25) is 4.79 Å². The largest absolute Gasteiger partial charge is 0.338 e. The summed E-state index contributed by atoms with van der Waals surface area (Å²) in [7, 11) is 0. The van der Waals surface area contributed by atoms with Gasteiger partial charge in [-0.2, -0.15) is 0 Å². The zero-order valence-electron chi connectivity index (χ0n) is 14.3. The molecule has 7 heteroatoms. The number of nitrogens with one attached hydrogen (secondary N) is 1. The number of nitrogens with zero attached hydrogens (tertiary/aromatic N) is 2. The number of likely N-dealkylation sites (N-methyl/N-ethyl adjacent to an activating group) is 1. The molecule has 132 valence electrons. The van der Waals surface area contributed by atoms with Crippen LogP contribution >= 0.6 is 11.8 Å². The van der Waals surface area contributed by atoms with Crippen molar-refractivity contribution in [1.29, 1.82) is 0 Å². The highest BCUT2D eigenvalue weighted by Gasteiger charge is 2.38. The highest BCUT2D eigenvalue weighted by Crippen LogP contribution is 2.42. The molecule has 1 aromatic carbocycles. The molecule has 0 unspecified atom stereocenters. The number of amides is 3. The molecule has 1 fully saturated rings. The molecule has 0 spiro atoms. The average molecular weight is 353 g/mol. The molecule has 0 aliphatic carbocycles. The zero-order valence-corrected chi connectivity index (χ0v) is 15.1. The Morgan fingerprint density at radius 1 is 1.33 bits per heavy atom. The minimum Gasteiger partial charge on any atom is -0.338 e. The Bertz CT molecular complexity index is 582. The second-order valence-corrected chi connectivity index (χ2v) is 7.05. The Morgan fingerprint density at radius 2 is 2.00 bits per heavy atom. The second kappa shape index (κ2) is 8.37. The highest BCUT2D eigenvalue weighted by atomic mass is 32.2. The highest BCUT2D eigenvalue weighted by molar-refractivity contribution is 8.01. The van der Waals surface area contributed by atoms with Crippen molar-refractivity contribution < 1.29 is 14.0 Å². The Labute approximate surface area is 146 Å². The Morgan fingerprint density at radius 3 is 2.58 bits per heavy atom. The molecule has 0 bridgehead atoms. The molecule has 2 atom stereocenters. The molecule has 0 radical (unpaired) electrons. The molecule has 0 saturated carbocycles. The van der Waals surface area contributed by atoms with Gasteiger partial charge in [-0.05, 0) is 38.5 Å². The topological polar surface area (TPSA) is 52.7 Å². The fourth-order valence-electron chi connectivity index (χ4n) is 2.68. The van der Waals surface area contributed by atoms with E-state index in [0.29, 0.717) is 26.2 Å². The van der Waals surface area contributed by atoms with Crippen LogP contribution in [0.1, 0.15) is 31.7 Å². The molecular weight excluding hydrogens is 329 g/mol. The van der Waals surface area contributed by atoms with Crippen LogP contribution in [0.25, 0.3) is 0 Å². The molecule has 5 nitrogen and oxygen atoms in total. The van der Waals surface area contributed by atoms with E-state index < -0.39 is 0 Å². The van der Waals surface area contributed by atoms with Gasteiger partial charge in [-0.25, -0.2) is 9.18 Å². The number of benzene rings is 1. The summed E-state index contributed by atoms with van der Waals surface area (Å²) < 4.78 is 13.1. The average Bonchev–Trinajstić information content (AvgIpc) is 2.84. The first-order valence-corrected chi connectivity index (χ1v) is 9.16. The van der Waals surface area contributed by atoms with Gasteiger partial charge in [0.25, 0.3) is 0 Å². The first kappa shape index (κ1) is 18.6. The van der Waals surface area contributed by atoms with Crippen LogP contribution in [-0.4, -0.2) is 53.2 Å². The van der Waals surface area contributed by atoms with Gasteiger partial charge in [0.2, 0.25) is 5.91 Å². The Balaban J connectivity index is 2.08. The molecule has 1 saturated heterocycles. The number of carbonyl (C=O) groups is 2. The minimum atomic E-state index is -0.291. The molecule has 1 aliphatic heterocycles. The number of urea groups is 1. The molecule has 1 heterocycles. The van der Waals surface area contributed by atoms with E-state index in [1.54, 1.807) is 33.7 Å². The summed E-state index contributed by atoms with van der Waals surface area (Å²) in [5, 5.41) is 2.50. The fraction of sp³-hybridized carbons (Fsp3) is 0.529. The van der Waals surface area contributed by atoms with Gasteiger partial charge in [0.1, 0.15) is 11.2 Å². The van der Waals surface area contributed by atoms with Crippen molar-refractivity contribution in [1.82, 2.24) is 15.1 Å². The van der Waals surface area contributed by atoms with Crippen molar-refractivity contribution in [3.05, 3.63) is 35.6 Å². The number of hydrogen-bond acceptors (Lipinski definition) is 3. The quantitative estimate of drug-likeness (QED) is 0.856. The van der Waals surface area contributed by atoms with E-state index in [1.165, 1.54) is 12.1 Å². The van der Waals surface area contributed by atoms with Crippen molar-refractivity contribution in [3.8, 4) is 0 Å². The minimum absolute atomic E-state index is 0.0567. The summed E-state index contributed by atoms with van der Waals surface area (Å²) in [5.41, 5.74) is 0.903. The summed E-state index contributed by atoms with van der Waals surface area (Å²) in [5.74, 6) is -0.234. The van der Waals surface area contributed by atoms with Gasteiger partial charge in [-0.15, -0.1) is 11.8 Å². The van der Waals surface area contributed by atoms with Gasteiger partial charge < -0.3 is 15.1 Å². The molecule has 1 aromatic rings. The molecule has 1 N–H and O–H groups in total. The maximum Gasteiger partial charge on any atom is 0.317 e. The third-order valence-corrected chi connectivity index (χ3v) is 5.40. The smallest absolute Gasteiger partial charge is 0.317 e. The van der Waals surface area contributed by atoms with Gasteiger partial charge in [0.05, 0.1) is 5.25 Å². The van der Waals surface area contributed by atoms with Gasteiger partial charge in [0, 0.05) is 26.2 Å². The summed E-state index contributed by atoms with van der Waals surface area (Å²) in [4.78, 5) is 27.9. The molecule has 1 aliphatic rings. The standard InChI is InChI=1S/C17H24FN3O2S/c1-4-19-17(23)20(5-2)10-11-21-15(22)12(3)24-16(21)13-6-8-14(18)9-7-13/h6-9,12,16H,4-5,10-11H2,1-3H3,(H,19,23)/t12-,16+/m0/s1. The lowest BCUT2D eigenvalue weighted by Gasteiger charge is -2.28. The summed E-state index contributed by atoms with van der Waals surface area (Å²) >= 11 is 1.55. The van der Waals surface area contributed by atoms with Crippen LogP contribution < -0.4 is 5.32 Å². The fourth-order valence-corrected chi connectivity index (χ4v) is 3.99. The number of carbonyl (C=O) groups excluding carboxylic acids is 2. The van der Waals surface area contributed by atoms with Gasteiger partial charge in [-0.1, -0.05) is 12.1 Å². The van der Waals surface area contributed by atoms with E-state index in [2.05, 4.69) is 5.32 Å². The maximum absolute atomic E-state index is 13.1. The molecule has 3 amide bonds. The number of halogens is 1. The maximum atomic E-state index is 13.1. The van der Waals surface area contributed by atoms with Crippen molar-refractivity contribution in [3.63, 3.8) is 0 Å². The van der Waals surface area contributed by atoms with E-state index >= 15 is 0 Å². The van der Waals surface area contributed by atoms with Crippen LogP contribution in [0.5, 0.6) is 0 Å². The number of rotatable bonds is 6. The second-order valence-electron chi connectivity index (χ2n) is 5.63. The van der Waals surface area contributed by atoms with E-state index in [-0.39, 0.29) is 28.4 Å². The monoisotopic (exact) mass is 353 g/mol. The van der Waals surface area contributed by atoms with Gasteiger partial charge in [0.15, 0.2) is 0 Å². The molecule has 2 rings (SSSR count). The van der Waals surface area contributed by atoms with Crippen molar-refractivity contribution in [2.75, 3.05) is 26.2 Å². The lowest BCUT2D eigenvalue weighted by Crippen LogP contribution is -2.44. The van der Waals surface area contributed by atoms with Crippen molar-refractivity contribution >= 4 is 23.7 Å². The van der Waals surface area contributed by atoms with Crippen LogP contribution in [0, 0.1) is 5.82 Å². The van der Waals surface area contributed by atoms with E-state index in [0.717, 1.165) is 5.56 Å². The first-order valence-electron chi connectivity index (χ1n) is 8.22. The lowest BCUT2D eigenvalue weighted by atomic mass is 10.2. The molecular formula is C17H24FN3O2S. The van der Waals surface area contributed by atoms with Crippen LogP contribution in [0.2, 0.25) is 0 Å². The van der Waals surface area contributed by atoms with E-state index in [4.69, 9.17) is 0 Å². The normalized spacial score (nSPS) is 20.3. The molecule has 24 heavy (non-hydrogen) atoms. The van der Waals surface area contributed by atoms with E-state index in [1.807, 2.05) is 20.8 Å². The van der Waals surface area contributed by atoms with Crippen LogP contribution in [-0.2, 0) is 4.79 Å². The van der Waals surface area contributed by atoms with Gasteiger partial charge >= 0.3 is 6.03 Å². The molecule has 0 aromatic heterocycles. The summed E-state index contributed by atoms with van der Waals surface area (Å²) in [6, 6.07) is 6.13.